The highest BCUT2D eigenvalue weighted by atomic mass is 35.5. The molecule has 2 N–H and O–H groups in total. The lowest BCUT2D eigenvalue weighted by Crippen LogP contribution is -2.36. The maximum atomic E-state index is 12.4. The summed E-state index contributed by atoms with van der Waals surface area (Å²) >= 11 is 7.24. The number of esters is 1. The summed E-state index contributed by atoms with van der Waals surface area (Å²) < 4.78 is 5.17. The molecule has 6 nitrogen and oxygen atoms in total. The number of rotatable bonds is 7. The third kappa shape index (κ3) is 5.18. The van der Waals surface area contributed by atoms with Crippen molar-refractivity contribution in [3.8, 4) is 0 Å². The molecule has 2 rings (SSSR count). The van der Waals surface area contributed by atoms with Gasteiger partial charge in [-0.05, 0) is 36.6 Å². The SMILES string of the molecule is C=CCNC(=O)[C@@H](C)OC(=O)c1ccc(Cl)cc1NC(=O)c1cccs1. The predicted octanol–water partition coefficient (Wildman–Crippen LogP) is 3.50. The Balaban J connectivity index is 2.15. The van der Waals surface area contributed by atoms with Crippen LogP contribution in [-0.2, 0) is 9.53 Å². The largest absolute Gasteiger partial charge is 0.449 e. The van der Waals surface area contributed by atoms with Gasteiger partial charge in [-0.3, -0.25) is 9.59 Å². The van der Waals surface area contributed by atoms with Gasteiger partial charge in [-0.15, -0.1) is 17.9 Å². The van der Waals surface area contributed by atoms with Gasteiger partial charge < -0.3 is 15.4 Å². The van der Waals surface area contributed by atoms with Crippen LogP contribution in [0.5, 0.6) is 0 Å². The Morgan fingerprint density at radius 3 is 2.77 bits per heavy atom. The van der Waals surface area contributed by atoms with Crippen LogP contribution < -0.4 is 10.6 Å². The van der Waals surface area contributed by atoms with E-state index < -0.39 is 18.0 Å². The van der Waals surface area contributed by atoms with E-state index in [1.54, 1.807) is 17.5 Å². The van der Waals surface area contributed by atoms with Crippen molar-refractivity contribution in [3.05, 3.63) is 63.8 Å². The minimum atomic E-state index is -1.00. The maximum Gasteiger partial charge on any atom is 0.341 e. The van der Waals surface area contributed by atoms with Crippen molar-refractivity contribution in [1.29, 1.82) is 0 Å². The number of carbonyl (C=O) groups is 3. The molecule has 0 saturated carbocycles. The molecule has 0 bridgehead atoms. The van der Waals surface area contributed by atoms with Crippen LogP contribution in [0.25, 0.3) is 0 Å². The molecule has 136 valence electrons. The molecule has 0 spiro atoms. The van der Waals surface area contributed by atoms with E-state index in [1.165, 1.54) is 42.5 Å². The van der Waals surface area contributed by atoms with Crippen LogP contribution in [0.4, 0.5) is 5.69 Å². The molecule has 0 unspecified atom stereocenters. The van der Waals surface area contributed by atoms with E-state index in [0.717, 1.165) is 0 Å². The molecule has 0 saturated heterocycles. The average molecular weight is 393 g/mol. The summed E-state index contributed by atoms with van der Waals surface area (Å²) in [4.78, 5) is 37.0. The van der Waals surface area contributed by atoms with Gasteiger partial charge in [0.25, 0.3) is 11.8 Å². The molecular formula is C18H17ClN2O4S. The predicted molar refractivity (Wildman–Crippen MR) is 102 cm³/mol. The second kappa shape index (κ2) is 9.17. The molecule has 2 amide bonds. The van der Waals surface area contributed by atoms with Crippen LogP contribution in [0.2, 0.25) is 5.02 Å². The molecule has 0 aliphatic rings. The first-order valence-corrected chi connectivity index (χ1v) is 8.92. The smallest absolute Gasteiger partial charge is 0.341 e. The number of amides is 2. The lowest BCUT2D eigenvalue weighted by molar-refractivity contribution is -0.128. The number of anilines is 1. The number of ether oxygens (including phenoxy) is 1. The number of hydrogen-bond donors (Lipinski definition) is 2. The molecule has 0 radical (unpaired) electrons. The van der Waals surface area contributed by atoms with E-state index in [0.29, 0.717) is 9.90 Å². The van der Waals surface area contributed by atoms with Crippen molar-refractivity contribution in [1.82, 2.24) is 5.32 Å². The zero-order valence-corrected chi connectivity index (χ0v) is 15.5. The van der Waals surface area contributed by atoms with Gasteiger partial charge in [0.05, 0.1) is 16.1 Å². The van der Waals surface area contributed by atoms with E-state index >= 15 is 0 Å². The quantitative estimate of drug-likeness (QED) is 0.558. The second-order valence-electron chi connectivity index (χ2n) is 5.20. The first-order valence-electron chi connectivity index (χ1n) is 7.66. The van der Waals surface area contributed by atoms with Gasteiger partial charge in [0.2, 0.25) is 0 Å². The molecule has 2 aromatic rings. The van der Waals surface area contributed by atoms with Crippen molar-refractivity contribution in [2.45, 2.75) is 13.0 Å². The zero-order chi connectivity index (χ0) is 19.1. The fourth-order valence-corrected chi connectivity index (χ4v) is 2.77. The monoisotopic (exact) mass is 392 g/mol. The van der Waals surface area contributed by atoms with Crippen molar-refractivity contribution in [2.24, 2.45) is 0 Å². The summed E-state index contributed by atoms with van der Waals surface area (Å²) in [5.41, 5.74) is 0.308. The van der Waals surface area contributed by atoms with E-state index in [4.69, 9.17) is 16.3 Å². The average Bonchev–Trinajstić information content (AvgIpc) is 3.14. The van der Waals surface area contributed by atoms with Gasteiger partial charge in [0, 0.05) is 11.6 Å². The fraction of sp³-hybridized carbons (Fsp3) is 0.167. The molecular weight excluding hydrogens is 376 g/mol. The maximum absolute atomic E-state index is 12.4. The molecule has 1 aromatic carbocycles. The molecule has 1 aromatic heterocycles. The van der Waals surface area contributed by atoms with Crippen LogP contribution in [-0.4, -0.2) is 30.4 Å². The molecule has 1 atom stereocenters. The molecule has 0 aliphatic heterocycles. The zero-order valence-electron chi connectivity index (χ0n) is 14.0. The lowest BCUT2D eigenvalue weighted by Gasteiger charge is -2.15. The van der Waals surface area contributed by atoms with Crippen LogP contribution in [0.15, 0.2) is 48.4 Å². The summed E-state index contributed by atoms with van der Waals surface area (Å²) in [6.45, 7) is 5.22. The van der Waals surface area contributed by atoms with E-state index in [1.807, 2.05) is 0 Å². The third-order valence-electron chi connectivity index (χ3n) is 3.27. The number of hydrogen-bond acceptors (Lipinski definition) is 5. The molecule has 1 heterocycles. The van der Waals surface area contributed by atoms with Gasteiger partial charge in [0.15, 0.2) is 6.10 Å². The summed E-state index contributed by atoms with van der Waals surface area (Å²) in [5.74, 6) is -1.56. The highest BCUT2D eigenvalue weighted by Gasteiger charge is 2.22. The van der Waals surface area contributed by atoms with Gasteiger partial charge in [-0.2, -0.15) is 0 Å². The van der Waals surface area contributed by atoms with Crippen molar-refractivity contribution >= 4 is 46.4 Å². The van der Waals surface area contributed by atoms with Crippen LogP contribution in [0.3, 0.4) is 0 Å². The van der Waals surface area contributed by atoms with E-state index in [-0.39, 0.29) is 23.7 Å². The summed E-state index contributed by atoms with van der Waals surface area (Å²) in [6.07, 6.45) is 0.517. The Kier molecular flexibility index (Phi) is 6.94. The number of halogens is 1. The van der Waals surface area contributed by atoms with E-state index in [9.17, 15) is 14.4 Å². The number of carbonyl (C=O) groups excluding carboxylic acids is 3. The highest BCUT2D eigenvalue weighted by molar-refractivity contribution is 7.12. The highest BCUT2D eigenvalue weighted by Crippen LogP contribution is 2.24. The topological polar surface area (TPSA) is 84.5 Å². The minimum absolute atomic E-state index is 0.0997. The van der Waals surface area contributed by atoms with Gasteiger partial charge >= 0.3 is 5.97 Å². The molecule has 0 aliphatic carbocycles. The Hall–Kier alpha value is -2.64. The minimum Gasteiger partial charge on any atom is -0.449 e. The number of benzene rings is 1. The Morgan fingerprint density at radius 1 is 1.35 bits per heavy atom. The fourth-order valence-electron chi connectivity index (χ4n) is 1.98. The van der Waals surface area contributed by atoms with Crippen molar-refractivity contribution in [2.75, 3.05) is 11.9 Å². The second-order valence-corrected chi connectivity index (χ2v) is 6.59. The van der Waals surface area contributed by atoms with Crippen molar-refractivity contribution < 1.29 is 19.1 Å². The lowest BCUT2D eigenvalue weighted by atomic mass is 10.1. The molecule has 26 heavy (non-hydrogen) atoms. The Labute approximate surface area is 159 Å². The standard InChI is InChI=1S/C18H17ClN2O4S/c1-3-8-20-16(22)11(2)25-18(24)13-7-6-12(19)10-14(13)21-17(23)15-5-4-9-26-15/h3-7,9-11H,1,8H2,2H3,(H,20,22)(H,21,23)/t11-/m1/s1. The van der Waals surface area contributed by atoms with Crippen LogP contribution in [0.1, 0.15) is 27.0 Å². The summed E-state index contributed by atoms with van der Waals surface area (Å²) in [6, 6.07) is 7.79. The van der Waals surface area contributed by atoms with Crippen molar-refractivity contribution in [3.63, 3.8) is 0 Å². The van der Waals surface area contributed by atoms with Crippen LogP contribution >= 0.6 is 22.9 Å². The Bertz CT molecular complexity index is 821. The summed E-state index contributed by atoms with van der Waals surface area (Å²) in [5, 5.41) is 7.30. The van der Waals surface area contributed by atoms with Gasteiger partial charge in [0.1, 0.15) is 0 Å². The van der Waals surface area contributed by atoms with Gasteiger partial charge in [-0.1, -0.05) is 23.7 Å². The molecule has 8 heteroatoms. The van der Waals surface area contributed by atoms with Gasteiger partial charge in [-0.25, -0.2) is 4.79 Å². The normalized spacial score (nSPS) is 11.3. The Morgan fingerprint density at radius 2 is 2.12 bits per heavy atom. The van der Waals surface area contributed by atoms with Crippen LogP contribution in [0, 0.1) is 0 Å². The third-order valence-corrected chi connectivity index (χ3v) is 4.37. The number of nitrogens with one attached hydrogen (secondary N) is 2. The van der Waals surface area contributed by atoms with E-state index in [2.05, 4.69) is 17.2 Å². The molecule has 0 fully saturated rings. The summed E-state index contributed by atoms with van der Waals surface area (Å²) in [7, 11) is 0. The first kappa shape index (κ1) is 19.7. The number of thiophene rings is 1. The first-order chi connectivity index (χ1) is 12.4.